The van der Waals surface area contributed by atoms with Gasteiger partial charge in [-0.25, -0.2) is 0 Å². The van der Waals surface area contributed by atoms with E-state index in [4.69, 9.17) is 10.5 Å². The van der Waals surface area contributed by atoms with E-state index in [0.717, 1.165) is 13.2 Å². The highest BCUT2D eigenvalue weighted by molar-refractivity contribution is 7.12. The Labute approximate surface area is 128 Å². The molecule has 20 heavy (non-hydrogen) atoms. The van der Waals surface area contributed by atoms with Crippen molar-refractivity contribution in [1.29, 1.82) is 0 Å². The lowest BCUT2D eigenvalue weighted by atomic mass is 9.95. The van der Waals surface area contributed by atoms with Gasteiger partial charge in [-0.3, -0.25) is 4.90 Å². The molecule has 116 valence electrons. The predicted octanol–water partition coefficient (Wildman–Crippen LogP) is 3.40. The molecule has 0 saturated carbocycles. The van der Waals surface area contributed by atoms with E-state index in [1.54, 1.807) is 0 Å². The molecule has 1 atom stereocenters. The Kier molecular flexibility index (Phi) is 6.65. The van der Waals surface area contributed by atoms with E-state index >= 15 is 0 Å². The van der Waals surface area contributed by atoms with Gasteiger partial charge in [0.2, 0.25) is 0 Å². The molecule has 1 aromatic heterocycles. The summed E-state index contributed by atoms with van der Waals surface area (Å²) in [4.78, 5) is 5.06. The minimum Gasteiger partial charge on any atom is -0.377 e. The molecule has 0 fully saturated rings. The maximum absolute atomic E-state index is 5.98. The van der Waals surface area contributed by atoms with Crippen LogP contribution in [0, 0.1) is 0 Å². The first-order chi connectivity index (χ1) is 9.25. The van der Waals surface area contributed by atoms with Crippen molar-refractivity contribution < 1.29 is 4.74 Å². The third kappa shape index (κ3) is 5.17. The van der Waals surface area contributed by atoms with E-state index < -0.39 is 0 Å². The molecule has 0 aliphatic rings. The van der Waals surface area contributed by atoms with Crippen LogP contribution in [0.15, 0.2) is 12.1 Å². The zero-order valence-corrected chi connectivity index (χ0v) is 14.6. The van der Waals surface area contributed by atoms with Crippen molar-refractivity contribution in [2.45, 2.75) is 52.2 Å². The second-order valence-corrected chi connectivity index (χ2v) is 7.72. The van der Waals surface area contributed by atoms with Crippen LogP contribution in [-0.4, -0.2) is 37.7 Å². The van der Waals surface area contributed by atoms with Crippen molar-refractivity contribution in [3.8, 4) is 0 Å². The van der Waals surface area contributed by atoms with Gasteiger partial charge in [-0.15, -0.1) is 11.3 Å². The SMILES string of the molecule is CC(C)OCCN(C)C(CN)c1ccc(C(C)(C)C)s1. The number of rotatable bonds is 7. The van der Waals surface area contributed by atoms with Crippen LogP contribution in [0.25, 0.3) is 0 Å². The lowest BCUT2D eigenvalue weighted by Gasteiger charge is -2.26. The second kappa shape index (κ2) is 7.55. The molecule has 1 heterocycles. The van der Waals surface area contributed by atoms with Gasteiger partial charge in [0.25, 0.3) is 0 Å². The molecule has 0 aliphatic heterocycles. The van der Waals surface area contributed by atoms with E-state index in [9.17, 15) is 0 Å². The lowest BCUT2D eigenvalue weighted by Crippen LogP contribution is -2.33. The first kappa shape index (κ1) is 17.6. The average molecular weight is 298 g/mol. The molecule has 0 amide bonds. The number of hydrogen-bond acceptors (Lipinski definition) is 4. The predicted molar refractivity (Wildman–Crippen MR) is 88.5 cm³/mol. The fraction of sp³-hybridized carbons (Fsp3) is 0.750. The Morgan fingerprint density at radius 2 is 1.95 bits per heavy atom. The van der Waals surface area contributed by atoms with E-state index in [-0.39, 0.29) is 17.6 Å². The Balaban J connectivity index is 2.67. The van der Waals surface area contributed by atoms with Gasteiger partial charge < -0.3 is 10.5 Å². The maximum atomic E-state index is 5.98. The van der Waals surface area contributed by atoms with Crippen LogP contribution in [0.1, 0.15) is 50.4 Å². The molecular formula is C16H30N2OS. The molecule has 1 unspecified atom stereocenters. The Bertz CT molecular complexity index is 395. The minimum atomic E-state index is 0.210. The Hall–Kier alpha value is -0.420. The van der Waals surface area contributed by atoms with Crippen LogP contribution in [0.5, 0.6) is 0 Å². The smallest absolute Gasteiger partial charge is 0.0597 e. The summed E-state index contributed by atoms with van der Waals surface area (Å²) in [5.41, 5.74) is 6.19. The van der Waals surface area contributed by atoms with Gasteiger partial charge in [0, 0.05) is 22.8 Å². The standard InChI is InChI=1S/C16H30N2OS/c1-12(2)19-10-9-18(6)13(11-17)14-7-8-15(20-14)16(3,4)5/h7-8,12-13H,9-11,17H2,1-6H3. The molecule has 3 nitrogen and oxygen atoms in total. The highest BCUT2D eigenvalue weighted by atomic mass is 32.1. The number of thiophene rings is 1. The fourth-order valence-corrected chi connectivity index (χ4v) is 3.28. The summed E-state index contributed by atoms with van der Waals surface area (Å²) in [6.07, 6.45) is 0.286. The van der Waals surface area contributed by atoms with Gasteiger partial charge in [0.1, 0.15) is 0 Å². The summed E-state index contributed by atoms with van der Waals surface area (Å²) < 4.78 is 5.62. The summed E-state index contributed by atoms with van der Waals surface area (Å²) in [7, 11) is 2.12. The first-order valence-electron chi connectivity index (χ1n) is 7.37. The van der Waals surface area contributed by atoms with Gasteiger partial charge >= 0.3 is 0 Å². The van der Waals surface area contributed by atoms with Gasteiger partial charge in [-0.05, 0) is 38.4 Å². The topological polar surface area (TPSA) is 38.5 Å². The van der Waals surface area contributed by atoms with Crippen molar-refractivity contribution in [2.75, 3.05) is 26.7 Å². The second-order valence-electron chi connectivity index (χ2n) is 6.60. The fourth-order valence-electron chi connectivity index (χ4n) is 2.04. The number of hydrogen-bond donors (Lipinski definition) is 1. The highest BCUT2D eigenvalue weighted by Crippen LogP contribution is 2.33. The molecule has 2 N–H and O–H groups in total. The molecule has 4 heteroatoms. The van der Waals surface area contributed by atoms with Gasteiger partial charge in [0.05, 0.1) is 18.8 Å². The molecule has 0 radical (unpaired) electrons. The summed E-state index contributed by atoms with van der Waals surface area (Å²) in [6, 6.07) is 4.75. The molecule has 1 rings (SSSR count). The molecule has 0 saturated heterocycles. The van der Waals surface area contributed by atoms with Crippen LogP contribution >= 0.6 is 11.3 Å². The monoisotopic (exact) mass is 298 g/mol. The van der Waals surface area contributed by atoms with Crippen LogP contribution in [0.3, 0.4) is 0 Å². The Morgan fingerprint density at radius 1 is 1.30 bits per heavy atom. The number of nitrogens with two attached hydrogens (primary N) is 1. The summed E-state index contributed by atoms with van der Waals surface area (Å²) in [5.74, 6) is 0. The highest BCUT2D eigenvalue weighted by Gasteiger charge is 2.21. The third-order valence-electron chi connectivity index (χ3n) is 3.34. The molecule has 0 bridgehead atoms. The molecular weight excluding hydrogens is 268 g/mol. The Morgan fingerprint density at radius 3 is 2.40 bits per heavy atom. The van der Waals surface area contributed by atoms with E-state index in [0.29, 0.717) is 6.54 Å². The summed E-state index contributed by atoms with van der Waals surface area (Å²) in [6.45, 7) is 13.2. The van der Waals surface area contributed by atoms with Crippen molar-refractivity contribution >= 4 is 11.3 Å². The molecule has 0 spiro atoms. The van der Waals surface area contributed by atoms with Crippen molar-refractivity contribution in [3.05, 3.63) is 21.9 Å². The van der Waals surface area contributed by atoms with Gasteiger partial charge in [0.15, 0.2) is 0 Å². The number of nitrogens with zero attached hydrogens (tertiary/aromatic N) is 1. The third-order valence-corrected chi connectivity index (χ3v) is 4.96. The van der Waals surface area contributed by atoms with Crippen molar-refractivity contribution in [1.82, 2.24) is 4.90 Å². The maximum Gasteiger partial charge on any atom is 0.0597 e. The van der Waals surface area contributed by atoms with Crippen LogP contribution in [-0.2, 0) is 10.2 Å². The lowest BCUT2D eigenvalue weighted by molar-refractivity contribution is 0.0567. The van der Waals surface area contributed by atoms with Crippen molar-refractivity contribution in [3.63, 3.8) is 0 Å². The van der Waals surface area contributed by atoms with Crippen LogP contribution < -0.4 is 5.73 Å². The van der Waals surface area contributed by atoms with Crippen LogP contribution in [0.4, 0.5) is 0 Å². The quantitative estimate of drug-likeness (QED) is 0.838. The average Bonchev–Trinajstić information content (AvgIpc) is 2.78. The molecule has 0 aromatic carbocycles. The molecule has 0 aliphatic carbocycles. The number of ether oxygens (including phenoxy) is 1. The molecule has 1 aromatic rings. The summed E-state index contributed by atoms with van der Waals surface area (Å²) >= 11 is 1.88. The summed E-state index contributed by atoms with van der Waals surface area (Å²) in [5, 5.41) is 0. The van der Waals surface area contributed by atoms with E-state index in [2.05, 4.69) is 58.7 Å². The largest absolute Gasteiger partial charge is 0.377 e. The zero-order valence-electron chi connectivity index (χ0n) is 13.8. The van der Waals surface area contributed by atoms with Crippen LogP contribution in [0.2, 0.25) is 0 Å². The van der Waals surface area contributed by atoms with E-state index in [1.807, 2.05) is 11.3 Å². The van der Waals surface area contributed by atoms with E-state index in [1.165, 1.54) is 9.75 Å². The zero-order chi connectivity index (χ0) is 15.3. The van der Waals surface area contributed by atoms with Gasteiger partial charge in [-0.1, -0.05) is 20.8 Å². The van der Waals surface area contributed by atoms with Crippen molar-refractivity contribution in [2.24, 2.45) is 5.73 Å². The minimum absolute atomic E-state index is 0.210. The van der Waals surface area contributed by atoms with Gasteiger partial charge in [-0.2, -0.15) is 0 Å². The number of likely N-dealkylation sites (N-methyl/N-ethyl adjacent to an activating group) is 1. The normalized spacial score (nSPS) is 14.2. The first-order valence-corrected chi connectivity index (χ1v) is 8.19.